The zero-order valence-electron chi connectivity index (χ0n) is 23.4. The average molecular weight is 598 g/mol. The Labute approximate surface area is 241 Å². The number of hydrogen-bond donors (Lipinski definition) is 0. The normalized spacial score (nSPS) is 13.3. The molecule has 1 fully saturated rings. The van der Waals surface area contributed by atoms with Crippen molar-refractivity contribution >= 4 is 29.4 Å². The summed E-state index contributed by atoms with van der Waals surface area (Å²) in [6.45, 7) is 6.69. The number of esters is 2. The molecular weight excluding hydrogens is 562 g/mol. The van der Waals surface area contributed by atoms with Crippen molar-refractivity contribution in [3.8, 4) is 0 Å². The van der Waals surface area contributed by atoms with Gasteiger partial charge in [-0.25, -0.2) is 9.59 Å². The van der Waals surface area contributed by atoms with E-state index in [1.165, 1.54) is 11.0 Å². The number of carbonyl (C=O) groups is 3. The second-order valence-electron chi connectivity index (χ2n) is 9.03. The molecule has 0 unspecified atom stereocenters. The van der Waals surface area contributed by atoms with E-state index in [1.807, 2.05) is 0 Å². The van der Waals surface area contributed by atoms with Crippen LogP contribution in [0, 0.1) is 26.1 Å². The van der Waals surface area contributed by atoms with E-state index in [9.17, 15) is 34.6 Å². The number of benzene rings is 1. The number of piperidine rings is 1. The third-order valence-electron chi connectivity index (χ3n) is 5.97. The zero-order chi connectivity index (χ0) is 30.9. The summed E-state index contributed by atoms with van der Waals surface area (Å²) in [7, 11) is 0. The second kappa shape index (κ2) is 18.3. The molecule has 16 nitrogen and oxygen atoms in total. The molecule has 0 N–H and O–H groups in total. The molecule has 0 radical (unpaired) electrons. The van der Waals surface area contributed by atoms with E-state index in [-0.39, 0.29) is 45.1 Å². The predicted molar refractivity (Wildman–Crippen MR) is 143 cm³/mol. The Morgan fingerprint density at radius 2 is 1.31 bits per heavy atom. The maximum absolute atomic E-state index is 12.4. The molecular formula is C26H35N3O13. The molecule has 0 atom stereocenters. The summed E-state index contributed by atoms with van der Waals surface area (Å²) in [5, 5.41) is 22.5. The first kappa shape index (κ1) is 34.1. The molecule has 0 spiro atoms. The summed E-state index contributed by atoms with van der Waals surface area (Å²) < 4.78 is 31.2. The molecule has 1 aliphatic rings. The Balaban J connectivity index is 1.54. The van der Waals surface area contributed by atoms with Crippen molar-refractivity contribution < 1.29 is 52.7 Å². The molecule has 1 saturated heterocycles. The first-order valence-corrected chi connectivity index (χ1v) is 13.2. The van der Waals surface area contributed by atoms with Crippen LogP contribution in [0.25, 0.3) is 0 Å². The Kier molecular flexibility index (Phi) is 14.9. The number of nitro groups is 2. The molecule has 2 rings (SSSR count). The molecule has 1 aromatic rings. The van der Waals surface area contributed by atoms with Gasteiger partial charge in [0.25, 0.3) is 11.4 Å². The molecule has 1 amide bonds. The van der Waals surface area contributed by atoms with Gasteiger partial charge in [0.1, 0.15) is 25.4 Å². The SMILES string of the molecule is C=C(C)C(=O)OCCOCCOCCOCCOC(=O)C1CCN(C(=O)OCc2c([N+](=O)[O-])cccc2[N+](=O)[O-])CC1. The number of rotatable bonds is 18. The van der Waals surface area contributed by atoms with Gasteiger partial charge in [-0.1, -0.05) is 6.58 Å². The third kappa shape index (κ3) is 11.8. The van der Waals surface area contributed by atoms with Gasteiger partial charge in [0.15, 0.2) is 0 Å². The summed E-state index contributed by atoms with van der Waals surface area (Å²) in [5.41, 5.74) is -1.02. The van der Waals surface area contributed by atoms with Crippen LogP contribution in [0.5, 0.6) is 0 Å². The van der Waals surface area contributed by atoms with Crippen LogP contribution in [0.1, 0.15) is 25.3 Å². The second-order valence-corrected chi connectivity index (χ2v) is 9.03. The van der Waals surface area contributed by atoms with Gasteiger partial charge in [0.05, 0.1) is 55.4 Å². The van der Waals surface area contributed by atoms with Crippen LogP contribution in [0.15, 0.2) is 30.4 Å². The molecule has 1 aliphatic heterocycles. The van der Waals surface area contributed by atoms with Gasteiger partial charge in [-0.3, -0.25) is 25.0 Å². The van der Waals surface area contributed by atoms with E-state index in [4.69, 9.17) is 28.4 Å². The molecule has 0 bridgehead atoms. The fourth-order valence-electron chi connectivity index (χ4n) is 3.75. The van der Waals surface area contributed by atoms with Crippen molar-refractivity contribution in [3.63, 3.8) is 0 Å². The van der Waals surface area contributed by atoms with Crippen molar-refractivity contribution in [2.24, 2.45) is 5.92 Å². The molecule has 0 saturated carbocycles. The summed E-state index contributed by atoms with van der Waals surface area (Å²) in [4.78, 5) is 58.2. The van der Waals surface area contributed by atoms with Crippen LogP contribution in [-0.4, -0.2) is 98.7 Å². The van der Waals surface area contributed by atoms with Gasteiger partial charge in [-0.2, -0.15) is 0 Å². The Morgan fingerprint density at radius 1 is 0.833 bits per heavy atom. The maximum atomic E-state index is 12.4. The highest BCUT2D eigenvalue weighted by atomic mass is 16.6. The highest BCUT2D eigenvalue weighted by Crippen LogP contribution is 2.29. The minimum Gasteiger partial charge on any atom is -0.463 e. The van der Waals surface area contributed by atoms with Crippen LogP contribution in [0.3, 0.4) is 0 Å². The number of hydrogen-bond acceptors (Lipinski definition) is 13. The molecule has 42 heavy (non-hydrogen) atoms. The summed E-state index contributed by atoms with van der Waals surface area (Å²) in [6.07, 6.45) is -0.139. The monoisotopic (exact) mass is 597 g/mol. The lowest BCUT2D eigenvalue weighted by Gasteiger charge is -2.30. The summed E-state index contributed by atoms with van der Waals surface area (Å²) in [6, 6.07) is 3.38. The van der Waals surface area contributed by atoms with Gasteiger partial charge < -0.3 is 33.3 Å². The summed E-state index contributed by atoms with van der Waals surface area (Å²) in [5.74, 6) is -1.29. The van der Waals surface area contributed by atoms with E-state index >= 15 is 0 Å². The van der Waals surface area contributed by atoms with Gasteiger partial charge >= 0.3 is 18.0 Å². The first-order chi connectivity index (χ1) is 20.1. The van der Waals surface area contributed by atoms with Gasteiger partial charge in [0, 0.05) is 30.8 Å². The van der Waals surface area contributed by atoms with Crippen LogP contribution in [0.4, 0.5) is 16.2 Å². The third-order valence-corrected chi connectivity index (χ3v) is 5.97. The van der Waals surface area contributed by atoms with Crippen LogP contribution in [-0.2, 0) is 44.6 Å². The number of amides is 1. The van der Waals surface area contributed by atoms with Crippen LogP contribution in [0.2, 0.25) is 0 Å². The Hall–Kier alpha value is -4.15. The molecule has 1 aromatic carbocycles. The number of nitrogens with zero attached hydrogens (tertiary/aromatic N) is 3. The maximum Gasteiger partial charge on any atom is 0.410 e. The van der Waals surface area contributed by atoms with E-state index in [0.717, 1.165) is 12.1 Å². The minimum atomic E-state index is -0.791. The molecule has 16 heteroatoms. The lowest BCUT2D eigenvalue weighted by molar-refractivity contribution is -0.396. The molecule has 0 aliphatic carbocycles. The molecule has 1 heterocycles. The van der Waals surface area contributed by atoms with Gasteiger partial charge in [0.2, 0.25) is 0 Å². The van der Waals surface area contributed by atoms with Crippen LogP contribution >= 0.6 is 0 Å². The topological polar surface area (TPSA) is 196 Å². The molecule has 0 aromatic heterocycles. The smallest absolute Gasteiger partial charge is 0.410 e. The lowest BCUT2D eigenvalue weighted by atomic mass is 9.97. The Morgan fingerprint density at radius 3 is 1.79 bits per heavy atom. The number of likely N-dealkylation sites (tertiary alicyclic amines) is 1. The van der Waals surface area contributed by atoms with E-state index < -0.39 is 51.8 Å². The highest BCUT2D eigenvalue weighted by molar-refractivity contribution is 5.86. The quantitative estimate of drug-likeness (QED) is 0.0598. The number of ether oxygens (including phenoxy) is 6. The minimum absolute atomic E-state index is 0.0573. The van der Waals surface area contributed by atoms with Crippen molar-refractivity contribution in [1.29, 1.82) is 0 Å². The lowest BCUT2D eigenvalue weighted by Crippen LogP contribution is -2.41. The first-order valence-electron chi connectivity index (χ1n) is 13.2. The van der Waals surface area contributed by atoms with Crippen molar-refractivity contribution in [3.05, 3.63) is 56.1 Å². The number of carbonyl (C=O) groups excluding carboxylic acids is 3. The summed E-state index contributed by atoms with van der Waals surface area (Å²) >= 11 is 0. The van der Waals surface area contributed by atoms with E-state index in [1.54, 1.807) is 6.92 Å². The fourth-order valence-corrected chi connectivity index (χ4v) is 3.75. The number of nitro benzene ring substituents is 2. The van der Waals surface area contributed by atoms with Crippen molar-refractivity contribution in [2.75, 3.05) is 65.9 Å². The van der Waals surface area contributed by atoms with Gasteiger partial charge in [-0.15, -0.1) is 0 Å². The highest BCUT2D eigenvalue weighted by Gasteiger charge is 2.31. The largest absolute Gasteiger partial charge is 0.463 e. The van der Waals surface area contributed by atoms with E-state index in [2.05, 4.69) is 6.58 Å². The average Bonchev–Trinajstić information content (AvgIpc) is 2.97. The molecule has 232 valence electrons. The van der Waals surface area contributed by atoms with Crippen molar-refractivity contribution in [2.45, 2.75) is 26.4 Å². The van der Waals surface area contributed by atoms with Crippen molar-refractivity contribution in [1.82, 2.24) is 4.90 Å². The fraction of sp³-hybridized carbons (Fsp3) is 0.577. The predicted octanol–water partition coefficient (Wildman–Crippen LogP) is 2.56. The Bertz CT molecular complexity index is 1070. The van der Waals surface area contributed by atoms with E-state index in [0.29, 0.717) is 44.8 Å². The zero-order valence-corrected chi connectivity index (χ0v) is 23.4. The standard InChI is InChI=1S/C26H35N3O13/c1-19(2)24(30)40-16-14-38-12-10-37-11-13-39-15-17-41-25(31)20-6-8-27(9-7-20)26(32)42-18-21-22(28(33)34)4-3-5-23(21)29(35)36/h3-5,20H,1,6-18H2,2H3. The van der Waals surface area contributed by atoms with Crippen LogP contribution < -0.4 is 0 Å². The van der Waals surface area contributed by atoms with Gasteiger partial charge in [-0.05, 0) is 25.8 Å².